The lowest BCUT2D eigenvalue weighted by atomic mass is 10.3. The Balaban J connectivity index is 2.31. The molecule has 0 fully saturated rings. The molecule has 2 rings (SSSR count). The molecular formula is C13H14ClN3O2S. The average Bonchev–Trinajstić information content (AvgIpc) is 2.42. The summed E-state index contributed by atoms with van der Waals surface area (Å²) in [5.74, 6) is 0.509. The third-order valence-electron chi connectivity index (χ3n) is 2.52. The SMILES string of the molecule is CCNc1cc(S(=O)(=O)Nc2ccccc2Cl)ccn1. The minimum atomic E-state index is -3.69. The highest BCUT2D eigenvalue weighted by Crippen LogP contribution is 2.24. The summed E-state index contributed by atoms with van der Waals surface area (Å²) >= 11 is 5.95. The molecule has 0 spiro atoms. The van der Waals surface area contributed by atoms with E-state index in [-0.39, 0.29) is 4.90 Å². The van der Waals surface area contributed by atoms with E-state index in [4.69, 9.17) is 11.6 Å². The lowest BCUT2D eigenvalue weighted by Crippen LogP contribution is -2.14. The third kappa shape index (κ3) is 3.40. The van der Waals surface area contributed by atoms with Crippen LogP contribution in [0.1, 0.15) is 6.92 Å². The highest BCUT2D eigenvalue weighted by molar-refractivity contribution is 7.92. The van der Waals surface area contributed by atoms with Gasteiger partial charge in [-0.3, -0.25) is 4.72 Å². The zero-order valence-corrected chi connectivity index (χ0v) is 12.4. The van der Waals surface area contributed by atoms with Gasteiger partial charge in [0.1, 0.15) is 5.82 Å². The largest absolute Gasteiger partial charge is 0.370 e. The Bertz CT molecular complexity index is 704. The highest BCUT2D eigenvalue weighted by atomic mass is 35.5. The number of rotatable bonds is 5. The smallest absolute Gasteiger partial charge is 0.262 e. The number of hydrogen-bond donors (Lipinski definition) is 2. The molecule has 2 N–H and O–H groups in total. The van der Waals surface area contributed by atoms with Crippen molar-refractivity contribution in [3.05, 3.63) is 47.6 Å². The summed E-state index contributed by atoms with van der Waals surface area (Å²) in [6, 6.07) is 9.57. The highest BCUT2D eigenvalue weighted by Gasteiger charge is 2.16. The molecule has 106 valence electrons. The molecule has 0 saturated heterocycles. The summed E-state index contributed by atoms with van der Waals surface area (Å²) in [7, 11) is -3.69. The van der Waals surface area contributed by atoms with Gasteiger partial charge in [-0.05, 0) is 25.1 Å². The molecule has 7 heteroatoms. The Morgan fingerprint density at radius 3 is 2.70 bits per heavy atom. The maximum atomic E-state index is 12.3. The van der Waals surface area contributed by atoms with Crippen LogP contribution in [0.2, 0.25) is 5.02 Å². The van der Waals surface area contributed by atoms with Gasteiger partial charge in [0, 0.05) is 18.8 Å². The molecule has 0 unspecified atom stereocenters. The quantitative estimate of drug-likeness (QED) is 0.890. The standard InChI is InChI=1S/C13H14ClN3O2S/c1-2-15-13-9-10(7-8-16-13)20(18,19)17-12-6-4-3-5-11(12)14/h3-9,17H,2H2,1H3,(H,15,16). The van der Waals surface area contributed by atoms with Gasteiger partial charge in [0.25, 0.3) is 10.0 Å². The van der Waals surface area contributed by atoms with Crippen LogP contribution >= 0.6 is 11.6 Å². The molecule has 0 radical (unpaired) electrons. The van der Waals surface area contributed by atoms with E-state index >= 15 is 0 Å². The lowest BCUT2D eigenvalue weighted by molar-refractivity contribution is 0.601. The maximum absolute atomic E-state index is 12.3. The molecule has 0 amide bonds. The van der Waals surface area contributed by atoms with Crippen LogP contribution in [-0.4, -0.2) is 19.9 Å². The van der Waals surface area contributed by atoms with Crippen LogP contribution in [0, 0.1) is 0 Å². The number of halogens is 1. The van der Waals surface area contributed by atoms with E-state index < -0.39 is 10.0 Å². The number of aromatic nitrogens is 1. The van der Waals surface area contributed by atoms with Crippen molar-refractivity contribution in [2.45, 2.75) is 11.8 Å². The minimum absolute atomic E-state index is 0.128. The number of anilines is 2. The molecule has 0 atom stereocenters. The molecule has 0 aliphatic carbocycles. The Morgan fingerprint density at radius 1 is 1.25 bits per heavy atom. The summed E-state index contributed by atoms with van der Waals surface area (Å²) in [5, 5.41) is 3.31. The number of nitrogens with one attached hydrogen (secondary N) is 2. The van der Waals surface area contributed by atoms with Crippen molar-refractivity contribution in [3.8, 4) is 0 Å². The second kappa shape index (κ2) is 6.11. The third-order valence-corrected chi connectivity index (χ3v) is 4.21. The van der Waals surface area contributed by atoms with E-state index in [1.165, 1.54) is 18.3 Å². The first-order chi connectivity index (χ1) is 9.53. The van der Waals surface area contributed by atoms with Gasteiger partial charge in [-0.25, -0.2) is 13.4 Å². The van der Waals surface area contributed by atoms with Gasteiger partial charge in [-0.15, -0.1) is 0 Å². The Morgan fingerprint density at radius 2 is 2.00 bits per heavy atom. The van der Waals surface area contributed by atoms with Crippen molar-refractivity contribution in [2.24, 2.45) is 0 Å². The van der Waals surface area contributed by atoms with Gasteiger partial charge < -0.3 is 5.32 Å². The van der Waals surface area contributed by atoms with E-state index in [2.05, 4.69) is 15.0 Å². The molecule has 0 aliphatic heterocycles. The summed E-state index contributed by atoms with van der Waals surface area (Å²) in [5.41, 5.74) is 0.343. The van der Waals surface area contributed by atoms with E-state index in [0.717, 1.165) is 0 Å². The van der Waals surface area contributed by atoms with Crippen molar-refractivity contribution in [2.75, 3.05) is 16.6 Å². The van der Waals surface area contributed by atoms with Gasteiger partial charge in [0.05, 0.1) is 15.6 Å². The van der Waals surface area contributed by atoms with Gasteiger partial charge >= 0.3 is 0 Å². The van der Waals surface area contributed by atoms with Crippen LogP contribution in [0.4, 0.5) is 11.5 Å². The Labute approximate surface area is 123 Å². The minimum Gasteiger partial charge on any atom is -0.370 e. The van der Waals surface area contributed by atoms with Crippen molar-refractivity contribution in [3.63, 3.8) is 0 Å². The number of sulfonamides is 1. The molecule has 1 aromatic carbocycles. The van der Waals surface area contributed by atoms with Crippen molar-refractivity contribution in [1.82, 2.24) is 4.98 Å². The van der Waals surface area contributed by atoms with E-state index in [1.807, 2.05) is 6.92 Å². The summed E-state index contributed by atoms with van der Waals surface area (Å²) in [6.07, 6.45) is 1.44. The van der Waals surface area contributed by atoms with Crippen LogP contribution in [0.3, 0.4) is 0 Å². The molecule has 0 saturated carbocycles. The van der Waals surface area contributed by atoms with Crippen molar-refractivity contribution in [1.29, 1.82) is 0 Å². The number of hydrogen-bond acceptors (Lipinski definition) is 4. The fraction of sp³-hybridized carbons (Fsp3) is 0.154. The van der Waals surface area contributed by atoms with E-state index in [0.29, 0.717) is 23.1 Å². The summed E-state index contributed by atoms with van der Waals surface area (Å²) < 4.78 is 27.0. The van der Waals surface area contributed by atoms with Crippen molar-refractivity contribution >= 4 is 33.1 Å². The number of para-hydroxylation sites is 1. The maximum Gasteiger partial charge on any atom is 0.262 e. The number of benzene rings is 1. The van der Waals surface area contributed by atoms with E-state index in [1.54, 1.807) is 24.3 Å². The van der Waals surface area contributed by atoms with Crippen LogP contribution in [0.15, 0.2) is 47.5 Å². The molecule has 5 nitrogen and oxygen atoms in total. The zero-order valence-electron chi connectivity index (χ0n) is 10.8. The predicted molar refractivity (Wildman–Crippen MR) is 80.7 cm³/mol. The molecule has 20 heavy (non-hydrogen) atoms. The first kappa shape index (κ1) is 14.6. The van der Waals surface area contributed by atoms with Gasteiger partial charge in [-0.1, -0.05) is 23.7 Å². The second-order valence-electron chi connectivity index (χ2n) is 3.99. The molecule has 0 aliphatic rings. The molecule has 2 aromatic rings. The number of nitrogens with zero attached hydrogens (tertiary/aromatic N) is 1. The van der Waals surface area contributed by atoms with Crippen molar-refractivity contribution < 1.29 is 8.42 Å². The van der Waals surface area contributed by atoms with E-state index in [9.17, 15) is 8.42 Å². The molecular weight excluding hydrogens is 298 g/mol. The molecule has 1 aromatic heterocycles. The monoisotopic (exact) mass is 311 g/mol. The summed E-state index contributed by atoms with van der Waals surface area (Å²) in [4.78, 5) is 4.17. The fourth-order valence-electron chi connectivity index (χ4n) is 1.60. The second-order valence-corrected chi connectivity index (χ2v) is 6.08. The topological polar surface area (TPSA) is 71.1 Å². The lowest BCUT2D eigenvalue weighted by Gasteiger charge is -2.10. The molecule has 0 bridgehead atoms. The Hall–Kier alpha value is -1.79. The van der Waals surface area contributed by atoms with Gasteiger partial charge in [0.2, 0.25) is 0 Å². The molecule has 1 heterocycles. The van der Waals surface area contributed by atoms with Crippen LogP contribution in [-0.2, 0) is 10.0 Å². The van der Waals surface area contributed by atoms with Crippen LogP contribution in [0.5, 0.6) is 0 Å². The van der Waals surface area contributed by atoms with Gasteiger partial charge in [-0.2, -0.15) is 0 Å². The first-order valence-electron chi connectivity index (χ1n) is 6.00. The zero-order chi connectivity index (χ0) is 14.6. The Kier molecular flexibility index (Phi) is 4.46. The first-order valence-corrected chi connectivity index (χ1v) is 7.86. The van der Waals surface area contributed by atoms with Gasteiger partial charge in [0.15, 0.2) is 0 Å². The van der Waals surface area contributed by atoms with Crippen LogP contribution in [0.25, 0.3) is 0 Å². The number of pyridine rings is 1. The average molecular weight is 312 g/mol. The summed E-state index contributed by atoms with van der Waals surface area (Å²) in [6.45, 7) is 2.57. The normalized spacial score (nSPS) is 11.1. The van der Waals surface area contributed by atoms with Crippen LogP contribution < -0.4 is 10.0 Å². The fourth-order valence-corrected chi connectivity index (χ4v) is 2.93. The predicted octanol–water partition coefficient (Wildman–Crippen LogP) is 2.97.